The molecule has 1 aliphatic carbocycles. The number of carboxylic acid groups (broad SMARTS) is 1. The lowest BCUT2D eigenvalue weighted by Crippen LogP contribution is -2.39. The van der Waals surface area contributed by atoms with Gasteiger partial charge in [0.25, 0.3) is 5.91 Å². The fraction of sp³-hybridized carbons (Fsp3) is 0.625. The highest BCUT2D eigenvalue weighted by Crippen LogP contribution is 2.42. The maximum Gasteiger partial charge on any atom is 0.490 e. The molecule has 2 rings (SSSR count). The fourth-order valence-corrected chi connectivity index (χ4v) is 3.99. The normalized spacial score (nSPS) is 20.3. The number of hydrogen-bond acceptors (Lipinski definition) is 5. The van der Waals surface area contributed by atoms with Crippen LogP contribution in [0.3, 0.4) is 0 Å². The molecule has 2 unspecified atom stereocenters. The number of rotatable bonds is 5. The molecule has 0 spiro atoms. The minimum Gasteiger partial charge on any atom is -0.475 e. The summed E-state index contributed by atoms with van der Waals surface area (Å²) < 4.78 is 36.4. The van der Waals surface area contributed by atoms with Crippen LogP contribution in [0.1, 0.15) is 75.3 Å². The molecule has 0 radical (unpaired) electrons. The monoisotopic (exact) mass is 488 g/mol. The van der Waals surface area contributed by atoms with Crippen molar-refractivity contribution in [3.05, 3.63) is 35.4 Å². The second-order valence-corrected chi connectivity index (χ2v) is 9.65. The molecule has 2 atom stereocenters. The van der Waals surface area contributed by atoms with Crippen molar-refractivity contribution in [2.75, 3.05) is 7.11 Å². The van der Waals surface area contributed by atoms with Crippen molar-refractivity contribution in [3.8, 4) is 0 Å². The van der Waals surface area contributed by atoms with Crippen molar-refractivity contribution < 1.29 is 37.4 Å². The molecule has 34 heavy (non-hydrogen) atoms. The molecule has 1 aliphatic rings. The summed E-state index contributed by atoms with van der Waals surface area (Å²) in [5.74, 6) is -2.26. The van der Waals surface area contributed by atoms with Gasteiger partial charge in [-0.2, -0.15) is 13.2 Å². The van der Waals surface area contributed by atoms with E-state index < -0.39 is 24.2 Å². The van der Waals surface area contributed by atoms with Gasteiger partial charge in [0.05, 0.1) is 7.11 Å². The number of carbonyl (C=O) groups excluding carboxylic acids is 2. The highest BCUT2D eigenvalue weighted by atomic mass is 19.4. The van der Waals surface area contributed by atoms with Gasteiger partial charge in [0.2, 0.25) is 0 Å². The van der Waals surface area contributed by atoms with Crippen LogP contribution in [0.5, 0.6) is 0 Å². The molecule has 1 saturated carbocycles. The Morgan fingerprint density at radius 2 is 1.53 bits per heavy atom. The van der Waals surface area contributed by atoms with E-state index in [-0.39, 0.29) is 11.9 Å². The molecule has 1 aromatic carbocycles. The Morgan fingerprint density at radius 3 is 1.91 bits per heavy atom. The number of amides is 1. The minimum atomic E-state index is -5.08. The number of carboxylic acids is 1. The predicted octanol–water partition coefficient (Wildman–Crippen LogP) is 4.46. The number of esters is 1. The van der Waals surface area contributed by atoms with Crippen LogP contribution < -0.4 is 11.1 Å². The Morgan fingerprint density at radius 1 is 1.06 bits per heavy atom. The molecule has 4 N–H and O–H groups in total. The summed E-state index contributed by atoms with van der Waals surface area (Å²) >= 11 is 0. The van der Waals surface area contributed by atoms with E-state index in [0.717, 1.165) is 24.3 Å². The standard InChI is InChI=1S/C22H34N2O3.C2HF3O2/c1-14(21(26)27-5)24-20(25)17-8-6-15(7-9-17)19(23)16-10-12-18(13-11-16)22(2,3)4;3-2(4,5)1(6)7/h6-9,14,16,18-19H,10-13,23H2,1-5H3,(H,24,25);(H,6,7). The fourth-order valence-electron chi connectivity index (χ4n) is 3.99. The maximum absolute atomic E-state index is 12.2. The van der Waals surface area contributed by atoms with E-state index in [0.29, 0.717) is 16.9 Å². The molecule has 0 aromatic heterocycles. The van der Waals surface area contributed by atoms with Gasteiger partial charge in [-0.25, -0.2) is 9.59 Å². The SMILES string of the molecule is COC(=O)C(C)NC(=O)c1ccc(C(N)C2CCC(C(C)(C)C)CC2)cc1.O=C(O)C(F)(F)F. The molecule has 7 nitrogen and oxygen atoms in total. The zero-order chi connectivity index (χ0) is 26.3. The zero-order valence-electron chi connectivity index (χ0n) is 20.2. The van der Waals surface area contributed by atoms with Crippen LogP contribution in [-0.2, 0) is 14.3 Å². The number of alkyl halides is 3. The lowest BCUT2D eigenvalue weighted by molar-refractivity contribution is -0.192. The number of aliphatic carboxylic acids is 1. The first-order chi connectivity index (χ1) is 15.6. The Balaban J connectivity index is 0.000000718. The van der Waals surface area contributed by atoms with Crippen molar-refractivity contribution in [1.82, 2.24) is 5.32 Å². The van der Waals surface area contributed by atoms with Crippen molar-refractivity contribution in [1.29, 1.82) is 0 Å². The first kappa shape index (κ1) is 29.4. The summed E-state index contributed by atoms with van der Waals surface area (Å²) in [6, 6.07) is 6.72. The van der Waals surface area contributed by atoms with E-state index in [2.05, 4.69) is 30.8 Å². The number of halogens is 3. The number of ether oxygens (including phenoxy) is 1. The lowest BCUT2D eigenvalue weighted by Gasteiger charge is -2.38. The summed E-state index contributed by atoms with van der Waals surface area (Å²) in [7, 11) is 1.30. The molecular formula is C24H35F3N2O5. The third-order valence-corrected chi connectivity index (χ3v) is 6.21. The third kappa shape index (κ3) is 8.96. The topological polar surface area (TPSA) is 119 Å². The number of hydrogen-bond donors (Lipinski definition) is 3. The number of benzene rings is 1. The molecule has 0 heterocycles. The van der Waals surface area contributed by atoms with Crippen LogP contribution >= 0.6 is 0 Å². The van der Waals surface area contributed by atoms with Gasteiger partial charge < -0.3 is 20.9 Å². The molecule has 192 valence electrons. The third-order valence-electron chi connectivity index (χ3n) is 6.21. The maximum atomic E-state index is 12.2. The molecule has 10 heteroatoms. The second kappa shape index (κ2) is 12.2. The van der Waals surface area contributed by atoms with Crippen LogP contribution in [0.4, 0.5) is 13.2 Å². The Bertz CT molecular complexity index is 826. The smallest absolute Gasteiger partial charge is 0.475 e. The summed E-state index contributed by atoms with van der Waals surface area (Å²) in [5, 5.41) is 9.76. The van der Waals surface area contributed by atoms with E-state index in [1.54, 1.807) is 19.1 Å². The van der Waals surface area contributed by atoms with Gasteiger partial charge in [0.1, 0.15) is 6.04 Å². The molecule has 0 saturated heterocycles. The molecule has 1 aromatic rings. The summed E-state index contributed by atoms with van der Waals surface area (Å²) in [6.45, 7) is 8.57. The molecule has 1 amide bonds. The van der Waals surface area contributed by atoms with Gasteiger partial charge in [-0.3, -0.25) is 4.79 Å². The number of methoxy groups -OCH3 is 1. The average molecular weight is 489 g/mol. The van der Waals surface area contributed by atoms with E-state index in [1.807, 2.05) is 12.1 Å². The first-order valence-corrected chi connectivity index (χ1v) is 11.1. The largest absolute Gasteiger partial charge is 0.490 e. The average Bonchev–Trinajstić information content (AvgIpc) is 2.77. The Kier molecular flexibility index (Phi) is 10.5. The second-order valence-electron chi connectivity index (χ2n) is 9.65. The molecule has 1 fully saturated rings. The molecule has 0 aliphatic heterocycles. The van der Waals surface area contributed by atoms with Gasteiger partial charge >= 0.3 is 18.1 Å². The number of nitrogens with two attached hydrogens (primary N) is 1. The van der Waals surface area contributed by atoms with E-state index in [4.69, 9.17) is 15.6 Å². The van der Waals surface area contributed by atoms with Gasteiger partial charge in [-0.1, -0.05) is 32.9 Å². The van der Waals surface area contributed by atoms with Crippen molar-refractivity contribution in [2.45, 2.75) is 71.6 Å². The summed E-state index contributed by atoms with van der Waals surface area (Å²) in [4.78, 5) is 32.6. The Hall–Kier alpha value is -2.62. The Labute approximate surface area is 198 Å². The van der Waals surface area contributed by atoms with Gasteiger partial charge in [0.15, 0.2) is 0 Å². The van der Waals surface area contributed by atoms with Crippen LogP contribution in [0.15, 0.2) is 24.3 Å². The van der Waals surface area contributed by atoms with Gasteiger partial charge in [-0.05, 0) is 67.6 Å². The minimum absolute atomic E-state index is 0.00276. The number of nitrogens with one attached hydrogen (secondary N) is 1. The predicted molar refractivity (Wildman–Crippen MR) is 121 cm³/mol. The van der Waals surface area contributed by atoms with Crippen LogP contribution in [0, 0.1) is 17.3 Å². The quantitative estimate of drug-likeness (QED) is 0.527. The first-order valence-electron chi connectivity index (χ1n) is 11.1. The van der Waals surface area contributed by atoms with E-state index in [1.165, 1.54) is 20.0 Å². The highest BCUT2D eigenvalue weighted by Gasteiger charge is 2.38. The van der Waals surface area contributed by atoms with Crippen LogP contribution in [0.25, 0.3) is 0 Å². The zero-order valence-corrected chi connectivity index (χ0v) is 20.2. The number of carbonyl (C=O) groups is 3. The lowest BCUT2D eigenvalue weighted by atomic mass is 9.68. The van der Waals surface area contributed by atoms with Crippen molar-refractivity contribution in [2.24, 2.45) is 23.0 Å². The summed E-state index contributed by atoms with van der Waals surface area (Å²) in [6.07, 6.45) is -0.314. The van der Waals surface area contributed by atoms with Crippen LogP contribution in [0.2, 0.25) is 0 Å². The van der Waals surface area contributed by atoms with Crippen LogP contribution in [-0.4, -0.2) is 42.3 Å². The molecular weight excluding hydrogens is 453 g/mol. The van der Waals surface area contributed by atoms with Gasteiger partial charge in [0, 0.05) is 11.6 Å². The van der Waals surface area contributed by atoms with Crippen molar-refractivity contribution in [3.63, 3.8) is 0 Å². The summed E-state index contributed by atoms with van der Waals surface area (Å²) in [5.41, 5.74) is 8.47. The van der Waals surface area contributed by atoms with Crippen molar-refractivity contribution >= 4 is 17.8 Å². The van der Waals surface area contributed by atoms with Gasteiger partial charge in [-0.15, -0.1) is 0 Å². The van der Waals surface area contributed by atoms with E-state index in [9.17, 15) is 22.8 Å². The highest BCUT2D eigenvalue weighted by molar-refractivity contribution is 5.96. The van der Waals surface area contributed by atoms with E-state index >= 15 is 0 Å². The molecule has 0 bridgehead atoms.